The van der Waals surface area contributed by atoms with E-state index in [4.69, 9.17) is 0 Å². The summed E-state index contributed by atoms with van der Waals surface area (Å²) in [5, 5.41) is 3.32. The van der Waals surface area contributed by atoms with Gasteiger partial charge < -0.3 is 10.2 Å². The number of carbonyl (C=O) groups is 1. The molecule has 0 bridgehead atoms. The van der Waals surface area contributed by atoms with Crippen molar-refractivity contribution in [1.29, 1.82) is 0 Å². The van der Waals surface area contributed by atoms with E-state index in [-0.39, 0.29) is 5.91 Å². The predicted octanol–water partition coefficient (Wildman–Crippen LogP) is 1.68. The van der Waals surface area contributed by atoms with Crippen LogP contribution in [-0.2, 0) is 10.3 Å². The second-order valence-corrected chi connectivity index (χ2v) is 5.59. The molecule has 0 unspecified atom stereocenters. The number of rotatable bonds is 2. The van der Waals surface area contributed by atoms with E-state index < -0.39 is 5.54 Å². The normalized spacial score (nSPS) is 21.6. The van der Waals surface area contributed by atoms with Crippen molar-refractivity contribution in [2.75, 3.05) is 7.05 Å². The molecule has 6 nitrogen and oxygen atoms in total. The van der Waals surface area contributed by atoms with Crippen LogP contribution in [0.5, 0.6) is 0 Å². The van der Waals surface area contributed by atoms with Gasteiger partial charge in [0.1, 0.15) is 12.1 Å². The third-order valence-electron chi connectivity index (χ3n) is 3.96. The third-order valence-corrected chi connectivity index (χ3v) is 3.96. The topological polar surface area (TPSA) is 71.0 Å². The van der Waals surface area contributed by atoms with Crippen LogP contribution >= 0.6 is 0 Å². The summed E-state index contributed by atoms with van der Waals surface area (Å²) < 4.78 is 0. The highest BCUT2D eigenvalue weighted by molar-refractivity contribution is 5.80. The van der Waals surface area contributed by atoms with E-state index in [1.54, 1.807) is 25.6 Å². The van der Waals surface area contributed by atoms with Crippen LogP contribution in [0.1, 0.15) is 18.9 Å². The molecule has 1 N–H and O–H groups in total. The molecule has 1 amide bonds. The number of hydrogen-bond donors (Lipinski definition) is 1. The zero-order chi connectivity index (χ0) is 15.7. The summed E-state index contributed by atoms with van der Waals surface area (Å²) in [6.07, 6.45) is 7.00. The van der Waals surface area contributed by atoms with Crippen molar-refractivity contribution in [3.05, 3.63) is 55.0 Å². The molecule has 112 valence electrons. The van der Waals surface area contributed by atoms with Gasteiger partial charge in [0.2, 0.25) is 5.91 Å². The second kappa shape index (κ2) is 5.22. The number of nitrogens with one attached hydrogen (secondary N) is 1. The Morgan fingerprint density at radius 3 is 2.77 bits per heavy atom. The summed E-state index contributed by atoms with van der Waals surface area (Å²) in [5.74, 6) is 0.632. The molecule has 0 radical (unpaired) electrons. The molecule has 2 aromatic heterocycles. The minimum absolute atomic E-state index is 0.0349. The van der Waals surface area contributed by atoms with Crippen LogP contribution in [0.2, 0.25) is 0 Å². The highest BCUT2D eigenvalue weighted by Gasteiger charge is 2.37. The fourth-order valence-electron chi connectivity index (χ4n) is 2.56. The van der Waals surface area contributed by atoms with Gasteiger partial charge >= 0.3 is 0 Å². The van der Waals surface area contributed by atoms with Crippen LogP contribution in [0, 0.1) is 0 Å². The van der Waals surface area contributed by atoms with Gasteiger partial charge in [0.15, 0.2) is 0 Å². The van der Waals surface area contributed by atoms with E-state index >= 15 is 0 Å². The summed E-state index contributed by atoms with van der Waals surface area (Å²) in [4.78, 5) is 26.1. The highest BCUT2D eigenvalue weighted by Crippen LogP contribution is 2.32. The molecule has 0 spiro atoms. The Hall–Kier alpha value is -2.76. The molecule has 1 aliphatic rings. The number of hydrogen-bond acceptors (Lipinski definition) is 5. The van der Waals surface area contributed by atoms with E-state index in [1.165, 1.54) is 11.2 Å². The highest BCUT2D eigenvalue weighted by atomic mass is 16.2. The molecule has 1 fully saturated rings. The smallest absolute Gasteiger partial charge is 0.230 e. The van der Waals surface area contributed by atoms with E-state index in [1.807, 2.05) is 19.1 Å². The lowest BCUT2D eigenvalue weighted by Crippen LogP contribution is -2.52. The van der Waals surface area contributed by atoms with Crippen LogP contribution in [0.4, 0.5) is 0 Å². The van der Waals surface area contributed by atoms with Gasteiger partial charge in [-0.15, -0.1) is 0 Å². The summed E-state index contributed by atoms with van der Waals surface area (Å²) >= 11 is 0. The molecule has 3 rings (SSSR count). The Labute approximate surface area is 128 Å². The van der Waals surface area contributed by atoms with Crippen molar-refractivity contribution in [3.8, 4) is 11.3 Å². The fourth-order valence-corrected chi connectivity index (χ4v) is 2.56. The van der Waals surface area contributed by atoms with Gasteiger partial charge in [-0.25, -0.2) is 9.97 Å². The zero-order valence-corrected chi connectivity index (χ0v) is 12.6. The summed E-state index contributed by atoms with van der Waals surface area (Å²) in [6.45, 7) is 5.90. The minimum Gasteiger partial charge on any atom is -0.362 e. The average molecular weight is 295 g/mol. The van der Waals surface area contributed by atoms with E-state index in [9.17, 15) is 4.79 Å². The van der Waals surface area contributed by atoms with Gasteiger partial charge in [0, 0.05) is 31.2 Å². The Morgan fingerprint density at radius 2 is 2.09 bits per heavy atom. The summed E-state index contributed by atoms with van der Waals surface area (Å²) in [6, 6.07) is 3.86. The van der Waals surface area contributed by atoms with E-state index in [0.29, 0.717) is 12.2 Å². The molecule has 3 heterocycles. The van der Waals surface area contributed by atoms with Crippen molar-refractivity contribution in [3.63, 3.8) is 0 Å². The molecule has 1 atom stereocenters. The van der Waals surface area contributed by atoms with E-state index in [0.717, 1.165) is 16.8 Å². The van der Waals surface area contributed by atoms with Gasteiger partial charge in [-0.1, -0.05) is 6.58 Å². The molecule has 22 heavy (non-hydrogen) atoms. The van der Waals surface area contributed by atoms with Crippen molar-refractivity contribution < 1.29 is 4.79 Å². The molecule has 1 saturated heterocycles. The Bertz CT molecular complexity index is 710. The molecule has 0 aliphatic carbocycles. The van der Waals surface area contributed by atoms with Crippen molar-refractivity contribution in [1.82, 2.24) is 25.2 Å². The monoisotopic (exact) mass is 295 g/mol. The molecular formula is C16H17N5O. The molecular weight excluding hydrogens is 278 g/mol. The Kier molecular flexibility index (Phi) is 3.36. The maximum atomic E-state index is 12.1. The van der Waals surface area contributed by atoms with Crippen LogP contribution in [0.15, 0.2) is 49.5 Å². The van der Waals surface area contributed by atoms with Crippen LogP contribution in [0.3, 0.4) is 0 Å². The van der Waals surface area contributed by atoms with Crippen LogP contribution in [-0.4, -0.2) is 32.8 Å². The van der Waals surface area contributed by atoms with Crippen molar-refractivity contribution in [2.45, 2.75) is 18.9 Å². The predicted molar refractivity (Wildman–Crippen MR) is 82.3 cm³/mol. The van der Waals surface area contributed by atoms with Crippen LogP contribution < -0.4 is 5.32 Å². The van der Waals surface area contributed by atoms with Crippen molar-refractivity contribution >= 4 is 5.91 Å². The van der Waals surface area contributed by atoms with Crippen LogP contribution in [0.25, 0.3) is 11.3 Å². The van der Waals surface area contributed by atoms with E-state index in [2.05, 4.69) is 26.8 Å². The van der Waals surface area contributed by atoms with Gasteiger partial charge in [-0.2, -0.15) is 0 Å². The van der Waals surface area contributed by atoms with Gasteiger partial charge in [-0.3, -0.25) is 9.78 Å². The lowest BCUT2D eigenvalue weighted by Gasteiger charge is -2.40. The summed E-state index contributed by atoms with van der Waals surface area (Å²) in [5.41, 5.74) is 2.08. The zero-order valence-electron chi connectivity index (χ0n) is 12.6. The standard InChI is InChI=1S/C16H17N5O/c1-11-20-16(2,7-15(22)21(11)3)13-4-5-19-14(6-13)12-8-17-10-18-9-12/h4-6,8-10,20H,1,7H2,2-3H3/t16-/m0/s1. The molecule has 2 aromatic rings. The second-order valence-electron chi connectivity index (χ2n) is 5.59. The van der Waals surface area contributed by atoms with Gasteiger partial charge in [0.25, 0.3) is 0 Å². The first kappa shape index (κ1) is 14.2. The largest absolute Gasteiger partial charge is 0.362 e. The fraction of sp³-hybridized carbons (Fsp3) is 0.250. The average Bonchev–Trinajstić information content (AvgIpc) is 2.53. The molecule has 0 aromatic carbocycles. The quantitative estimate of drug-likeness (QED) is 0.912. The number of pyridine rings is 1. The maximum absolute atomic E-state index is 12.1. The lowest BCUT2D eigenvalue weighted by atomic mass is 9.86. The lowest BCUT2D eigenvalue weighted by molar-refractivity contribution is -0.132. The SMILES string of the molecule is C=C1N[C@](C)(c2ccnc(-c3cncnc3)c2)CC(=O)N1C. The maximum Gasteiger partial charge on any atom is 0.230 e. The molecule has 6 heteroatoms. The molecule has 0 saturated carbocycles. The van der Waals surface area contributed by atoms with Crippen molar-refractivity contribution in [2.24, 2.45) is 0 Å². The van der Waals surface area contributed by atoms with Gasteiger partial charge in [-0.05, 0) is 24.6 Å². The minimum atomic E-state index is -0.506. The molecule has 1 aliphatic heterocycles. The number of amides is 1. The first-order chi connectivity index (χ1) is 10.5. The first-order valence-electron chi connectivity index (χ1n) is 6.95. The first-order valence-corrected chi connectivity index (χ1v) is 6.95. The third kappa shape index (κ3) is 2.43. The number of nitrogens with zero attached hydrogens (tertiary/aromatic N) is 4. The summed E-state index contributed by atoms with van der Waals surface area (Å²) in [7, 11) is 1.72. The number of carbonyl (C=O) groups excluding carboxylic acids is 1. The van der Waals surface area contributed by atoms with Gasteiger partial charge in [0.05, 0.1) is 17.7 Å². The Morgan fingerprint density at radius 1 is 1.36 bits per heavy atom. The number of aromatic nitrogens is 3. The Balaban J connectivity index is 1.99.